The summed E-state index contributed by atoms with van der Waals surface area (Å²) in [6.07, 6.45) is 2.58. The number of hydrogen-bond donors (Lipinski definition) is 2. The topological polar surface area (TPSA) is 55.1 Å². The molecule has 1 aliphatic carbocycles. The lowest BCUT2D eigenvalue weighted by Gasteiger charge is -2.10. The molecule has 1 heterocycles. The van der Waals surface area contributed by atoms with Gasteiger partial charge in [-0.1, -0.05) is 18.5 Å². The SMILES string of the molecule is CC(CNC(=O)c1sc2cc(Cl)ccc2c1N)C1CC1. The summed E-state index contributed by atoms with van der Waals surface area (Å²) in [5.74, 6) is 1.25. The van der Waals surface area contributed by atoms with Crippen molar-refractivity contribution in [2.75, 3.05) is 12.3 Å². The zero-order valence-corrected chi connectivity index (χ0v) is 12.9. The normalized spacial score (nSPS) is 16.3. The summed E-state index contributed by atoms with van der Waals surface area (Å²) >= 11 is 7.37. The van der Waals surface area contributed by atoms with Crippen LogP contribution in [0.4, 0.5) is 5.69 Å². The molecule has 0 radical (unpaired) electrons. The van der Waals surface area contributed by atoms with E-state index in [1.807, 2.05) is 12.1 Å². The average molecular weight is 309 g/mol. The molecule has 2 aromatic rings. The van der Waals surface area contributed by atoms with Gasteiger partial charge in [0.1, 0.15) is 4.88 Å². The van der Waals surface area contributed by atoms with Gasteiger partial charge in [0.2, 0.25) is 0 Å². The molecule has 0 aliphatic heterocycles. The quantitative estimate of drug-likeness (QED) is 0.899. The summed E-state index contributed by atoms with van der Waals surface area (Å²) < 4.78 is 0.954. The van der Waals surface area contributed by atoms with Crippen LogP contribution in [-0.2, 0) is 0 Å². The molecule has 0 spiro atoms. The van der Waals surface area contributed by atoms with Crippen LogP contribution in [0.3, 0.4) is 0 Å². The molecule has 1 fully saturated rings. The second kappa shape index (κ2) is 5.26. The van der Waals surface area contributed by atoms with Gasteiger partial charge in [0, 0.05) is 21.7 Å². The number of halogens is 1. The molecular formula is C15H17ClN2OS. The van der Waals surface area contributed by atoms with Crippen LogP contribution in [0.5, 0.6) is 0 Å². The van der Waals surface area contributed by atoms with Gasteiger partial charge in [-0.25, -0.2) is 0 Å². The maximum Gasteiger partial charge on any atom is 0.263 e. The van der Waals surface area contributed by atoms with Crippen molar-refractivity contribution in [2.45, 2.75) is 19.8 Å². The largest absolute Gasteiger partial charge is 0.397 e. The summed E-state index contributed by atoms with van der Waals surface area (Å²) in [7, 11) is 0. The lowest BCUT2D eigenvalue weighted by atomic mass is 10.1. The molecule has 1 aliphatic rings. The van der Waals surface area contributed by atoms with Crippen molar-refractivity contribution in [1.82, 2.24) is 5.32 Å². The first-order chi connectivity index (χ1) is 9.56. The van der Waals surface area contributed by atoms with Crippen LogP contribution in [0.15, 0.2) is 18.2 Å². The molecule has 20 heavy (non-hydrogen) atoms. The fourth-order valence-corrected chi connectivity index (χ4v) is 3.74. The summed E-state index contributed by atoms with van der Waals surface area (Å²) in [5, 5.41) is 4.56. The van der Waals surface area contributed by atoms with E-state index in [0.717, 1.165) is 22.5 Å². The predicted octanol–water partition coefficient (Wildman–Crippen LogP) is 3.91. The summed E-state index contributed by atoms with van der Waals surface area (Å²) in [6.45, 7) is 2.91. The van der Waals surface area contributed by atoms with Gasteiger partial charge < -0.3 is 11.1 Å². The van der Waals surface area contributed by atoms with Gasteiger partial charge in [-0.15, -0.1) is 11.3 Å². The molecule has 0 bridgehead atoms. The molecule has 3 rings (SSSR count). The highest BCUT2D eigenvalue weighted by Crippen LogP contribution is 2.37. The number of anilines is 1. The van der Waals surface area contributed by atoms with E-state index in [0.29, 0.717) is 21.5 Å². The second-order valence-corrected chi connectivity index (χ2v) is 7.00. The third-order valence-electron chi connectivity index (χ3n) is 3.91. The minimum Gasteiger partial charge on any atom is -0.397 e. The Labute approximate surface area is 127 Å². The van der Waals surface area contributed by atoms with Crippen molar-refractivity contribution < 1.29 is 4.79 Å². The number of benzene rings is 1. The lowest BCUT2D eigenvalue weighted by Crippen LogP contribution is -2.28. The highest BCUT2D eigenvalue weighted by Gasteiger charge is 2.28. The standard InChI is InChI=1S/C15H17ClN2OS/c1-8(9-2-3-9)7-18-15(19)14-13(17)11-5-4-10(16)6-12(11)20-14/h4-6,8-9H,2-3,7,17H2,1H3,(H,18,19). The van der Waals surface area contributed by atoms with Crippen LogP contribution >= 0.6 is 22.9 Å². The summed E-state index contributed by atoms with van der Waals surface area (Å²) in [4.78, 5) is 12.8. The van der Waals surface area contributed by atoms with E-state index >= 15 is 0 Å². The number of thiophene rings is 1. The Morgan fingerprint density at radius 3 is 3.00 bits per heavy atom. The van der Waals surface area contributed by atoms with Crippen molar-refractivity contribution >= 4 is 44.6 Å². The first-order valence-corrected chi connectivity index (χ1v) is 8.01. The highest BCUT2D eigenvalue weighted by molar-refractivity contribution is 7.21. The molecule has 1 atom stereocenters. The molecule has 0 saturated heterocycles. The van der Waals surface area contributed by atoms with Gasteiger partial charge in [-0.05, 0) is 42.9 Å². The maximum atomic E-state index is 12.3. The first-order valence-electron chi connectivity index (χ1n) is 6.82. The molecule has 5 heteroatoms. The Morgan fingerprint density at radius 1 is 1.55 bits per heavy atom. The van der Waals surface area contributed by atoms with E-state index in [1.165, 1.54) is 24.2 Å². The van der Waals surface area contributed by atoms with E-state index in [1.54, 1.807) is 6.07 Å². The zero-order chi connectivity index (χ0) is 14.3. The number of rotatable bonds is 4. The lowest BCUT2D eigenvalue weighted by molar-refractivity contribution is 0.0951. The number of amides is 1. The molecule has 3 N–H and O–H groups in total. The molecule has 3 nitrogen and oxygen atoms in total. The molecule has 106 valence electrons. The van der Waals surface area contributed by atoms with Gasteiger partial charge in [0.05, 0.1) is 5.69 Å². The van der Waals surface area contributed by atoms with Gasteiger partial charge in [-0.2, -0.15) is 0 Å². The van der Waals surface area contributed by atoms with Crippen molar-refractivity contribution in [1.29, 1.82) is 0 Å². The smallest absolute Gasteiger partial charge is 0.263 e. The van der Waals surface area contributed by atoms with Gasteiger partial charge in [0.25, 0.3) is 5.91 Å². The van der Waals surface area contributed by atoms with Gasteiger partial charge in [-0.3, -0.25) is 4.79 Å². The van der Waals surface area contributed by atoms with Crippen LogP contribution in [0, 0.1) is 11.8 Å². The number of hydrogen-bond acceptors (Lipinski definition) is 3. The second-order valence-electron chi connectivity index (χ2n) is 5.51. The average Bonchev–Trinajstić information content (AvgIpc) is 3.21. The fraction of sp³-hybridized carbons (Fsp3) is 0.400. The van der Waals surface area contributed by atoms with E-state index < -0.39 is 0 Å². The van der Waals surface area contributed by atoms with Crippen LogP contribution in [-0.4, -0.2) is 12.5 Å². The van der Waals surface area contributed by atoms with E-state index in [4.69, 9.17) is 17.3 Å². The van der Waals surface area contributed by atoms with E-state index in [-0.39, 0.29) is 5.91 Å². The molecular weight excluding hydrogens is 292 g/mol. The Balaban J connectivity index is 1.78. The van der Waals surface area contributed by atoms with Crippen molar-refractivity contribution in [3.8, 4) is 0 Å². The molecule has 1 unspecified atom stereocenters. The Morgan fingerprint density at radius 2 is 2.30 bits per heavy atom. The van der Waals surface area contributed by atoms with Crippen molar-refractivity contribution in [2.24, 2.45) is 11.8 Å². The number of nitrogen functional groups attached to an aromatic ring is 1. The first kappa shape index (κ1) is 13.7. The fourth-order valence-electron chi connectivity index (χ4n) is 2.42. The van der Waals surface area contributed by atoms with Crippen LogP contribution < -0.4 is 11.1 Å². The van der Waals surface area contributed by atoms with Crippen molar-refractivity contribution in [3.63, 3.8) is 0 Å². The van der Waals surface area contributed by atoms with Gasteiger partial charge in [0.15, 0.2) is 0 Å². The third-order valence-corrected chi connectivity index (χ3v) is 5.31. The molecule has 1 aromatic heterocycles. The predicted molar refractivity (Wildman–Crippen MR) is 85.5 cm³/mol. The Kier molecular flexibility index (Phi) is 3.61. The Hall–Kier alpha value is -1.26. The molecule has 1 amide bonds. The van der Waals surface area contributed by atoms with Gasteiger partial charge >= 0.3 is 0 Å². The minimum atomic E-state index is -0.0766. The van der Waals surface area contributed by atoms with Crippen molar-refractivity contribution in [3.05, 3.63) is 28.1 Å². The van der Waals surface area contributed by atoms with Crippen LogP contribution in [0.2, 0.25) is 5.02 Å². The number of nitrogens with one attached hydrogen (secondary N) is 1. The number of carbonyl (C=O) groups is 1. The van der Waals surface area contributed by atoms with Crippen LogP contribution in [0.1, 0.15) is 29.4 Å². The Bertz CT molecular complexity index is 663. The summed E-state index contributed by atoms with van der Waals surface area (Å²) in [5.41, 5.74) is 6.63. The number of fused-ring (bicyclic) bond motifs is 1. The van der Waals surface area contributed by atoms with Crippen LogP contribution in [0.25, 0.3) is 10.1 Å². The number of carbonyl (C=O) groups excluding carboxylic acids is 1. The monoisotopic (exact) mass is 308 g/mol. The molecule has 1 aromatic carbocycles. The number of nitrogens with two attached hydrogens (primary N) is 1. The summed E-state index contributed by atoms with van der Waals surface area (Å²) in [6, 6.07) is 5.51. The highest BCUT2D eigenvalue weighted by atomic mass is 35.5. The van der Waals surface area contributed by atoms with E-state index in [2.05, 4.69) is 12.2 Å². The van der Waals surface area contributed by atoms with E-state index in [9.17, 15) is 4.79 Å². The third kappa shape index (κ3) is 2.63. The minimum absolute atomic E-state index is 0.0766. The maximum absolute atomic E-state index is 12.3. The molecule has 1 saturated carbocycles. The zero-order valence-electron chi connectivity index (χ0n) is 11.3.